The van der Waals surface area contributed by atoms with E-state index in [1.807, 2.05) is 9.80 Å². The Morgan fingerprint density at radius 3 is 2.36 bits per heavy atom. The molecule has 0 saturated carbocycles. The number of carbonyl (C=O) groups excluding carboxylic acids is 2. The summed E-state index contributed by atoms with van der Waals surface area (Å²) in [5, 5.41) is 2.73. The minimum Gasteiger partial charge on any atom is -0.368 e. The minimum absolute atomic E-state index is 0.136. The maximum Gasteiger partial charge on any atom is 0.238 e. The lowest BCUT2D eigenvalue weighted by Gasteiger charge is -2.36. The third-order valence-corrected chi connectivity index (χ3v) is 3.86. The van der Waals surface area contributed by atoms with Crippen LogP contribution in [0.5, 0.6) is 0 Å². The Morgan fingerprint density at radius 2 is 1.82 bits per heavy atom. The maximum absolute atomic E-state index is 12.8. The highest BCUT2D eigenvalue weighted by Gasteiger charge is 2.24. The molecule has 2 rings (SSSR count). The van der Waals surface area contributed by atoms with Gasteiger partial charge in [-0.2, -0.15) is 0 Å². The molecular formula is C15H21FN4O2. The number of hydrogen-bond donors (Lipinski definition) is 2. The van der Waals surface area contributed by atoms with E-state index < -0.39 is 0 Å². The molecule has 1 atom stereocenters. The van der Waals surface area contributed by atoms with Crippen molar-refractivity contribution in [3.8, 4) is 0 Å². The number of benzene rings is 1. The molecule has 1 saturated heterocycles. The summed E-state index contributed by atoms with van der Waals surface area (Å²) in [5.41, 5.74) is 5.87. The van der Waals surface area contributed by atoms with Gasteiger partial charge in [-0.05, 0) is 31.2 Å². The number of piperazine rings is 1. The molecular weight excluding hydrogens is 287 g/mol. The van der Waals surface area contributed by atoms with Crippen LogP contribution in [-0.4, -0.2) is 60.4 Å². The fourth-order valence-electron chi connectivity index (χ4n) is 2.43. The molecule has 1 aliphatic heterocycles. The molecule has 0 aliphatic carbocycles. The number of nitrogens with zero attached hydrogens (tertiary/aromatic N) is 2. The first-order valence-corrected chi connectivity index (χ1v) is 7.27. The normalized spacial score (nSPS) is 17.9. The van der Waals surface area contributed by atoms with Crippen molar-refractivity contribution in [3.63, 3.8) is 0 Å². The van der Waals surface area contributed by atoms with Crippen molar-refractivity contribution in [1.29, 1.82) is 0 Å². The van der Waals surface area contributed by atoms with Crippen LogP contribution in [0.4, 0.5) is 10.1 Å². The van der Waals surface area contributed by atoms with Gasteiger partial charge in [0.25, 0.3) is 0 Å². The van der Waals surface area contributed by atoms with E-state index in [0.29, 0.717) is 31.9 Å². The van der Waals surface area contributed by atoms with Crippen LogP contribution >= 0.6 is 0 Å². The molecule has 3 N–H and O–H groups in total. The molecule has 0 bridgehead atoms. The Kier molecular flexibility index (Phi) is 5.46. The fourth-order valence-corrected chi connectivity index (χ4v) is 2.43. The largest absolute Gasteiger partial charge is 0.368 e. The van der Waals surface area contributed by atoms with Crippen molar-refractivity contribution in [1.82, 2.24) is 9.80 Å². The molecule has 0 aromatic heterocycles. The van der Waals surface area contributed by atoms with Crippen LogP contribution in [-0.2, 0) is 9.59 Å². The first-order chi connectivity index (χ1) is 10.5. The summed E-state index contributed by atoms with van der Waals surface area (Å²) in [6.45, 7) is 4.88. The number of anilines is 1. The number of carbonyl (C=O) groups is 2. The number of hydrogen-bond acceptors (Lipinski definition) is 4. The highest BCUT2D eigenvalue weighted by atomic mass is 19.1. The second kappa shape index (κ2) is 7.33. The number of nitrogens with two attached hydrogens (primary N) is 1. The molecule has 6 nitrogen and oxygen atoms in total. The number of rotatable bonds is 5. The van der Waals surface area contributed by atoms with Crippen LogP contribution < -0.4 is 11.1 Å². The van der Waals surface area contributed by atoms with Crippen LogP contribution in [0.3, 0.4) is 0 Å². The highest BCUT2D eigenvalue weighted by Crippen LogP contribution is 2.09. The smallest absolute Gasteiger partial charge is 0.238 e. The Bertz CT molecular complexity index is 527. The molecule has 2 amide bonds. The van der Waals surface area contributed by atoms with E-state index in [2.05, 4.69) is 5.32 Å². The molecule has 1 aromatic carbocycles. The van der Waals surface area contributed by atoms with E-state index >= 15 is 0 Å². The Hall–Kier alpha value is -1.99. The van der Waals surface area contributed by atoms with Crippen molar-refractivity contribution < 1.29 is 14.0 Å². The molecule has 1 aliphatic rings. The van der Waals surface area contributed by atoms with Crippen LogP contribution in [0.2, 0.25) is 0 Å². The van der Waals surface area contributed by atoms with Gasteiger partial charge < -0.3 is 11.1 Å². The van der Waals surface area contributed by atoms with Gasteiger partial charge in [0.05, 0.1) is 12.6 Å². The van der Waals surface area contributed by atoms with Gasteiger partial charge in [0.1, 0.15) is 5.82 Å². The number of nitrogens with one attached hydrogen (secondary N) is 1. The summed E-state index contributed by atoms with van der Waals surface area (Å²) in [4.78, 5) is 27.1. The quantitative estimate of drug-likeness (QED) is 0.817. The van der Waals surface area contributed by atoms with E-state index in [1.165, 1.54) is 24.3 Å². The second-order valence-electron chi connectivity index (χ2n) is 5.45. The summed E-state index contributed by atoms with van der Waals surface area (Å²) >= 11 is 0. The van der Waals surface area contributed by atoms with E-state index in [0.717, 1.165) is 0 Å². The zero-order valence-corrected chi connectivity index (χ0v) is 12.6. The average Bonchev–Trinajstić information content (AvgIpc) is 2.49. The summed E-state index contributed by atoms with van der Waals surface area (Å²) in [6, 6.07) is 5.38. The second-order valence-corrected chi connectivity index (χ2v) is 5.45. The standard InChI is InChI=1S/C15H21FN4O2/c1-11(15(17)22)20-8-6-19(7-9-20)10-14(21)18-13-4-2-12(16)3-5-13/h2-5,11H,6-10H2,1H3,(H2,17,22)(H,18,21)/t11-/m0/s1. The number of amides is 2. The maximum atomic E-state index is 12.8. The van der Waals surface area contributed by atoms with Gasteiger partial charge in [0.2, 0.25) is 11.8 Å². The van der Waals surface area contributed by atoms with Crippen LogP contribution in [0.25, 0.3) is 0 Å². The van der Waals surface area contributed by atoms with Gasteiger partial charge in [-0.15, -0.1) is 0 Å². The van der Waals surface area contributed by atoms with Gasteiger partial charge in [-0.3, -0.25) is 19.4 Å². The number of primary amides is 1. The summed E-state index contributed by atoms with van der Waals surface area (Å²) in [7, 11) is 0. The molecule has 1 aromatic rings. The predicted molar refractivity (Wildman–Crippen MR) is 81.7 cm³/mol. The average molecular weight is 308 g/mol. The lowest BCUT2D eigenvalue weighted by atomic mass is 10.2. The predicted octanol–water partition coefficient (Wildman–Crippen LogP) is 0.256. The van der Waals surface area contributed by atoms with E-state index in [9.17, 15) is 14.0 Å². The Labute approximate surface area is 129 Å². The van der Waals surface area contributed by atoms with E-state index in [1.54, 1.807) is 6.92 Å². The first-order valence-electron chi connectivity index (χ1n) is 7.27. The summed E-state index contributed by atoms with van der Waals surface area (Å²) in [6.07, 6.45) is 0. The fraction of sp³-hybridized carbons (Fsp3) is 0.467. The van der Waals surface area contributed by atoms with E-state index in [-0.39, 0.29) is 30.2 Å². The highest BCUT2D eigenvalue weighted by molar-refractivity contribution is 5.92. The molecule has 1 fully saturated rings. The molecule has 120 valence electrons. The number of halogens is 1. The molecule has 0 unspecified atom stereocenters. The van der Waals surface area contributed by atoms with Crippen molar-refractivity contribution in [2.45, 2.75) is 13.0 Å². The molecule has 1 heterocycles. The molecule has 7 heteroatoms. The van der Waals surface area contributed by atoms with Crippen molar-refractivity contribution >= 4 is 17.5 Å². The molecule has 22 heavy (non-hydrogen) atoms. The topological polar surface area (TPSA) is 78.7 Å². The summed E-state index contributed by atoms with van der Waals surface area (Å²) in [5.74, 6) is -0.803. The lowest BCUT2D eigenvalue weighted by Crippen LogP contribution is -2.54. The SMILES string of the molecule is C[C@@H](C(N)=O)N1CCN(CC(=O)Nc2ccc(F)cc2)CC1. The molecule has 0 spiro atoms. The first kappa shape index (κ1) is 16.4. The van der Waals surface area contributed by atoms with Gasteiger partial charge in [-0.1, -0.05) is 0 Å². The third-order valence-electron chi connectivity index (χ3n) is 3.86. The van der Waals surface area contributed by atoms with Gasteiger partial charge >= 0.3 is 0 Å². The lowest BCUT2D eigenvalue weighted by molar-refractivity contribution is -0.124. The summed E-state index contributed by atoms with van der Waals surface area (Å²) < 4.78 is 12.8. The Balaban J connectivity index is 1.77. The van der Waals surface area contributed by atoms with Crippen LogP contribution in [0, 0.1) is 5.82 Å². The van der Waals surface area contributed by atoms with Crippen molar-refractivity contribution in [2.75, 3.05) is 38.0 Å². The molecule has 0 radical (unpaired) electrons. The van der Waals surface area contributed by atoms with Gasteiger partial charge in [0, 0.05) is 31.9 Å². The monoisotopic (exact) mass is 308 g/mol. The van der Waals surface area contributed by atoms with Gasteiger partial charge in [0.15, 0.2) is 0 Å². The van der Waals surface area contributed by atoms with Crippen LogP contribution in [0.1, 0.15) is 6.92 Å². The van der Waals surface area contributed by atoms with Gasteiger partial charge in [-0.25, -0.2) is 4.39 Å². The van der Waals surface area contributed by atoms with Crippen molar-refractivity contribution in [2.24, 2.45) is 5.73 Å². The van der Waals surface area contributed by atoms with E-state index in [4.69, 9.17) is 5.73 Å². The minimum atomic E-state index is -0.335. The Morgan fingerprint density at radius 1 is 1.23 bits per heavy atom. The third kappa shape index (κ3) is 4.51. The van der Waals surface area contributed by atoms with Crippen molar-refractivity contribution in [3.05, 3.63) is 30.1 Å². The van der Waals surface area contributed by atoms with Crippen LogP contribution in [0.15, 0.2) is 24.3 Å². The zero-order chi connectivity index (χ0) is 16.1. The zero-order valence-electron chi connectivity index (χ0n) is 12.6.